The van der Waals surface area contributed by atoms with Gasteiger partial charge < -0.3 is 25.3 Å². The number of amides is 2. The Labute approximate surface area is 271 Å². The zero-order chi connectivity index (χ0) is 32.5. The number of hydrogen-bond donors (Lipinski definition) is 3. The fourth-order valence-electron chi connectivity index (χ4n) is 5.28. The van der Waals surface area contributed by atoms with Gasteiger partial charge in [0, 0.05) is 35.8 Å². The average molecular weight is 677 g/mol. The fraction of sp³-hybridized carbons (Fsp3) is 0.433. The first-order chi connectivity index (χ1) is 21.2. The molecular weight excluding hydrogens is 641 g/mol. The molecule has 2 atom stereocenters. The summed E-state index contributed by atoms with van der Waals surface area (Å²) in [5.41, 5.74) is 1.52. The molecule has 2 amide bonds. The Morgan fingerprint density at radius 2 is 1.93 bits per heavy atom. The van der Waals surface area contributed by atoms with Crippen LogP contribution in [0, 0.1) is 0 Å². The van der Waals surface area contributed by atoms with E-state index in [4.69, 9.17) is 27.9 Å². The van der Waals surface area contributed by atoms with Crippen molar-refractivity contribution in [3.05, 3.63) is 58.1 Å². The van der Waals surface area contributed by atoms with E-state index in [1.807, 2.05) is 0 Å². The molecule has 3 N–H and O–H groups in total. The van der Waals surface area contributed by atoms with Gasteiger partial charge in [-0.1, -0.05) is 23.2 Å². The summed E-state index contributed by atoms with van der Waals surface area (Å²) in [5.74, 6) is 0.555. The first-order valence-corrected chi connectivity index (χ1v) is 17.3. The lowest BCUT2D eigenvalue weighted by atomic mass is 10.1. The smallest absolute Gasteiger partial charge is 0.407 e. The number of aromatic nitrogens is 4. The van der Waals surface area contributed by atoms with Crippen LogP contribution in [-0.2, 0) is 14.6 Å². The maximum absolute atomic E-state index is 13.7. The van der Waals surface area contributed by atoms with Crippen LogP contribution in [0.1, 0.15) is 62.3 Å². The highest BCUT2D eigenvalue weighted by atomic mass is 35.5. The summed E-state index contributed by atoms with van der Waals surface area (Å²) in [5, 5.41) is 7.38. The third kappa shape index (κ3) is 8.13. The van der Waals surface area contributed by atoms with Crippen LogP contribution in [0.4, 0.5) is 10.6 Å². The predicted molar refractivity (Wildman–Crippen MR) is 175 cm³/mol. The number of rotatable bonds is 9. The number of carbonyl (C=O) groups is 2. The van der Waals surface area contributed by atoms with Crippen LogP contribution in [0.3, 0.4) is 0 Å². The number of anilines is 1. The van der Waals surface area contributed by atoms with Gasteiger partial charge in [-0.05, 0) is 70.4 Å². The van der Waals surface area contributed by atoms with E-state index in [-0.39, 0.29) is 41.3 Å². The number of imidazole rings is 1. The van der Waals surface area contributed by atoms with E-state index in [1.165, 1.54) is 12.6 Å². The van der Waals surface area contributed by atoms with Crippen molar-refractivity contribution >= 4 is 72.8 Å². The van der Waals surface area contributed by atoms with Gasteiger partial charge in [0.15, 0.2) is 0 Å². The quantitative estimate of drug-likeness (QED) is 0.207. The molecule has 0 radical (unpaired) electrons. The number of hydrogen-bond acceptors (Lipinski definition) is 9. The van der Waals surface area contributed by atoms with Gasteiger partial charge >= 0.3 is 6.09 Å². The number of sulfone groups is 1. The van der Waals surface area contributed by atoms with Crippen molar-refractivity contribution in [1.82, 2.24) is 30.2 Å². The van der Waals surface area contributed by atoms with Gasteiger partial charge in [0.1, 0.15) is 33.4 Å². The van der Waals surface area contributed by atoms with Crippen LogP contribution in [0.25, 0.3) is 21.9 Å². The van der Waals surface area contributed by atoms with Crippen molar-refractivity contribution < 1.29 is 22.7 Å². The van der Waals surface area contributed by atoms with E-state index in [2.05, 4.69) is 30.6 Å². The lowest BCUT2D eigenvalue weighted by Crippen LogP contribution is -2.44. The molecule has 1 saturated heterocycles. The van der Waals surface area contributed by atoms with E-state index in [0.29, 0.717) is 45.1 Å². The Morgan fingerprint density at radius 1 is 1.16 bits per heavy atom. The number of nitrogens with zero attached hydrogens (tertiary/aromatic N) is 4. The molecule has 45 heavy (non-hydrogen) atoms. The van der Waals surface area contributed by atoms with Crippen LogP contribution in [0.15, 0.2) is 36.7 Å². The topological polar surface area (TPSA) is 159 Å². The van der Waals surface area contributed by atoms with Crippen molar-refractivity contribution in [3.8, 4) is 0 Å². The second-order valence-electron chi connectivity index (χ2n) is 12.1. The molecule has 3 heterocycles. The lowest BCUT2D eigenvalue weighted by molar-refractivity contribution is 0.0501. The third-order valence-electron chi connectivity index (χ3n) is 7.35. The fourth-order valence-corrected chi connectivity index (χ4v) is 6.36. The first-order valence-electron chi connectivity index (χ1n) is 14.5. The molecule has 1 aliphatic heterocycles. The number of carbonyl (C=O) groups excluding carboxylic acids is 2. The van der Waals surface area contributed by atoms with Gasteiger partial charge in [-0.3, -0.25) is 4.79 Å². The predicted octanol–water partition coefficient (Wildman–Crippen LogP) is 5.53. The standard InChI is InChI=1S/C30H35Cl2N7O5S/c1-30(2,3)44-29(41)33-15-18-6-5-10-39(18)28(40)19-14-24-20(13-21(19)32)26(35-16-34-24)37-23(9-11-45(4,42)43)27-36-22-8-7-17(31)12-25(22)38-27/h7-8,12-14,16,18,23H,5-6,9-11,15H2,1-4H3,(H,33,41)(H,36,38)(H,34,35,37)/t18-,23?/m1/s1. The van der Waals surface area contributed by atoms with Gasteiger partial charge in [0.2, 0.25) is 0 Å². The molecule has 5 rings (SSSR count). The molecule has 2 aromatic heterocycles. The Morgan fingerprint density at radius 3 is 2.67 bits per heavy atom. The molecule has 0 saturated carbocycles. The van der Waals surface area contributed by atoms with Crippen LogP contribution in [0.2, 0.25) is 10.0 Å². The maximum Gasteiger partial charge on any atom is 0.407 e. The lowest BCUT2D eigenvalue weighted by Gasteiger charge is -2.26. The molecule has 4 aromatic rings. The minimum atomic E-state index is -3.28. The molecule has 0 bridgehead atoms. The SMILES string of the molecule is CC(C)(C)OC(=O)NC[C@H]1CCCN1C(=O)c1cc2ncnc(NC(CCS(C)(=O)=O)c3nc4ccc(Cl)cc4[nH]3)c2cc1Cl. The molecule has 240 valence electrons. The van der Waals surface area contributed by atoms with Crippen molar-refractivity contribution in [3.63, 3.8) is 0 Å². The Bertz CT molecular complexity index is 1860. The monoisotopic (exact) mass is 675 g/mol. The second kappa shape index (κ2) is 13.0. The minimum Gasteiger partial charge on any atom is -0.444 e. The molecule has 1 unspecified atom stereocenters. The Hall–Kier alpha value is -3.68. The van der Waals surface area contributed by atoms with Crippen molar-refractivity contribution in [2.45, 2.75) is 57.7 Å². The highest BCUT2D eigenvalue weighted by Gasteiger charge is 2.32. The van der Waals surface area contributed by atoms with Crippen LogP contribution in [-0.4, -0.2) is 82.0 Å². The van der Waals surface area contributed by atoms with Gasteiger partial charge in [0.05, 0.1) is 38.9 Å². The summed E-state index contributed by atoms with van der Waals surface area (Å²) in [7, 11) is -3.28. The molecule has 15 heteroatoms. The highest BCUT2D eigenvalue weighted by Crippen LogP contribution is 2.32. The van der Waals surface area contributed by atoms with Crippen LogP contribution in [0.5, 0.6) is 0 Å². The summed E-state index contributed by atoms with van der Waals surface area (Å²) in [6.45, 7) is 6.14. The average Bonchev–Trinajstić information content (AvgIpc) is 3.59. The molecule has 12 nitrogen and oxygen atoms in total. The van der Waals surface area contributed by atoms with Crippen molar-refractivity contribution in [2.75, 3.05) is 30.4 Å². The summed E-state index contributed by atoms with van der Waals surface area (Å²) in [4.78, 5) is 44.3. The van der Waals surface area contributed by atoms with Gasteiger partial charge in [-0.25, -0.2) is 28.2 Å². The van der Waals surface area contributed by atoms with E-state index in [0.717, 1.165) is 12.8 Å². The zero-order valence-corrected chi connectivity index (χ0v) is 27.7. The minimum absolute atomic E-state index is 0.0926. The molecule has 0 aliphatic carbocycles. The number of benzene rings is 2. The van der Waals surface area contributed by atoms with Gasteiger partial charge in [0.25, 0.3) is 5.91 Å². The largest absolute Gasteiger partial charge is 0.444 e. The summed E-state index contributed by atoms with van der Waals surface area (Å²) < 4.78 is 29.5. The third-order valence-corrected chi connectivity index (χ3v) is 8.88. The first kappa shape index (κ1) is 32.7. The molecule has 2 aromatic carbocycles. The number of ether oxygens (including phenoxy) is 1. The maximum atomic E-state index is 13.7. The molecule has 0 spiro atoms. The number of likely N-dealkylation sites (tertiary alicyclic amines) is 1. The van der Waals surface area contributed by atoms with Crippen molar-refractivity contribution in [1.29, 1.82) is 0 Å². The summed E-state index contributed by atoms with van der Waals surface area (Å²) in [6.07, 6.45) is 3.73. The second-order valence-corrected chi connectivity index (χ2v) is 15.3. The number of fused-ring (bicyclic) bond motifs is 2. The zero-order valence-electron chi connectivity index (χ0n) is 25.4. The number of halogens is 2. The summed E-state index contributed by atoms with van der Waals surface area (Å²) >= 11 is 12.9. The van der Waals surface area contributed by atoms with Gasteiger partial charge in [-0.15, -0.1) is 0 Å². The molecular formula is C30H35Cl2N7O5S. The molecule has 1 aliphatic rings. The highest BCUT2D eigenvalue weighted by molar-refractivity contribution is 7.90. The number of alkyl carbamates (subject to hydrolysis) is 1. The van der Waals surface area contributed by atoms with E-state index < -0.39 is 27.6 Å². The van der Waals surface area contributed by atoms with Crippen LogP contribution >= 0.6 is 23.2 Å². The number of aromatic amines is 1. The van der Waals surface area contributed by atoms with E-state index in [1.54, 1.807) is 56.0 Å². The van der Waals surface area contributed by atoms with E-state index in [9.17, 15) is 18.0 Å². The number of H-pyrrole nitrogens is 1. The van der Waals surface area contributed by atoms with Gasteiger partial charge in [-0.2, -0.15) is 0 Å². The Balaban J connectivity index is 1.40. The Kier molecular flexibility index (Phi) is 9.43. The molecule has 1 fully saturated rings. The van der Waals surface area contributed by atoms with Crippen LogP contribution < -0.4 is 10.6 Å². The number of nitrogens with one attached hydrogen (secondary N) is 3. The van der Waals surface area contributed by atoms with Crippen molar-refractivity contribution in [2.24, 2.45) is 0 Å². The van der Waals surface area contributed by atoms with E-state index >= 15 is 0 Å². The summed E-state index contributed by atoms with van der Waals surface area (Å²) in [6, 6.07) is 7.73. The normalized spacial score (nSPS) is 16.2.